The van der Waals surface area contributed by atoms with Crippen LogP contribution in [0.4, 0.5) is 16.2 Å². The van der Waals surface area contributed by atoms with Crippen molar-refractivity contribution in [3.05, 3.63) is 53.3 Å². The highest BCUT2D eigenvalue weighted by Crippen LogP contribution is 2.21. The molecular weight excluding hydrogens is 352 g/mol. The lowest BCUT2D eigenvalue weighted by atomic mass is 10.1. The van der Waals surface area contributed by atoms with Gasteiger partial charge in [0.15, 0.2) is 0 Å². The third kappa shape index (κ3) is 6.03. The number of nitrogens with one attached hydrogen (secondary N) is 3. The molecule has 0 bridgehead atoms. The van der Waals surface area contributed by atoms with E-state index in [1.165, 1.54) is 0 Å². The lowest BCUT2D eigenvalue weighted by Crippen LogP contribution is -2.37. The normalized spacial score (nSPS) is 12.3. The van der Waals surface area contributed by atoms with Crippen LogP contribution in [0.25, 0.3) is 0 Å². The Balaban J connectivity index is 2.01. The predicted molar refractivity (Wildman–Crippen MR) is 104 cm³/mol. The summed E-state index contributed by atoms with van der Waals surface area (Å²) >= 11 is 0. The highest BCUT2D eigenvalue weighted by atomic mass is 32.2. The Morgan fingerprint density at radius 2 is 1.92 bits per heavy atom. The molecule has 0 saturated carbocycles. The van der Waals surface area contributed by atoms with E-state index in [0.29, 0.717) is 17.8 Å². The molecule has 3 N–H and O–H groups in total. The molecule has 0 aliphatic heterocycles. The fourth-order valence-electron chi connectivity index (χ4n) is 2.49. The SMILES string of the molecule is Cc1ccc(NS(C)(=O)=O)cc1NC(=O)N[C@H](C)Cc1ncccc1C. The molecule has 0 unspecified atom stereocenters. The maximum absolute atomic E-state index is 12.3. The predicted octanol–water partition coefficient (Wildman–Crippen LogP) is 2.82. The standard InChI is InChI=1S/C18H24N4O3S/c1-12-6-5-9-19-16(12)10-14(3)20-18(23)21-17-11-15(8-7-13(17)2)22-26(4,24)25/h5-9,11,14,22H,10H2,1-4H3,(H2,20,21,23)/t14-/m1/s1. The molecule has 7 nitrogen and oxygen atoms in total. The average Bonchev–Trinajstić information content (AvgIpc) is 2.51. The first kappa shape index (κ1) is 19.7. The van der Waals surface area contributed by atoms with Crippen LogP contribution in [-0.2, 0) is 16.4 Å². The third-order valence-electron chi connectivity index (χ3n) is 3.78. The largest absolute Gasteiger partial charge is 0.335 e. The summed E-state index contributed by atoms with van der Waals surface area (Å²) in [5.41, 5.74) is 3.78. The second-order valence-electron chi connectivity index (χ2n) is 6.37. The van der Waals surface area contributed by atoms with Gasteiger partial charge in [0.25, 0.3) is 0 Å². The topological polar surface area (TPSA) is 100 Å². The molecule has 1 heterocycles. The van der Waals surface area contributed by atoms with Crippen LogP contribution < -0.4 is 15.4 Å². The van der Waals surface area contributed by atoms with Crippen molar-refractivity contribution in [2.45, 2.75) is 33.2 Å². The van der Waals surface area contributed by atoms with Crippen LogP contribution in [0, 0.1) is 13.8 Å². The number of hydrogen-bond donors (Lipinski definition) is 3. The smallest absolute Gasteiger partial charge is 0.319 e. The third-order valence-corrected chi connectivity index (χ3v) is 4.39. The zero-order valence-electron chi connectivity index (χ0n) is 15.3. The van der Waals surface area contributed by atoms with Crippen LogP contribution in [0.3, 0.4) is 0 Å². The fraction of sp³-hybridized carbons (Fsp3) is 0.333. The van der Waals surface area contributed by atoms with Gasteiger partial charge in [-0.3, -0.25) is 9.71 Å². The van der Waals surface area contributed by atoms with E-state index in [-0.39, 0.29) is 12.1 Å². The minimum absolute atomic E-state index is 0.110. The summed E-state index contributed by atoms with van der Waals surface area (Å²) in [4.78, 5) is 16.6. The van der Waals surface area contributed by atoms with Crippen molar-refractivity contribution in [2.24, 2.45) is 0 Å². The van der Waals surface area contributed by atoms with Crippen molar-refractivity contribution in [3.63, 3.8) is 0 Å². The quantitative estimate of drug-likeness (QED) is 0.722. The summed E-state index contributed by atoms with van der Waals surface area (Å²) in [6.07, 6.45) is 3.43. The highest BCUT2D eigenvalue weighted by Gasteiger charge is 2.12. The second-order valence-corrected chi connectivity index (χ2v) is 8.12. The van der Waals surface area contributed by atoms with Gasteiger partial charge in [-0.15, -0.1) is 0 Å². The number of pyridine rings is 1. The van der Waals surface area contributed by atoms with Crippen molar-refractivity contribution in [2.75, 3.05) is 16.3 Å². The molecule has 0 fully saturated rings. The van der Waals surface area contributed by atoms with E-state index in [4.69, 9.17) is 0 Å². The van der Waals surface area contributed by atoms with Crippen LogP contribution in [0.15, 0.2) is 36.5 Å². The second kappa shape index (κ2) is 8.18. The summed E-state index contributed by atoms with van der Waals surface area (Å²) in [5, 5.41) is 5.63. The van der Waals surface area contributed by atoms with Crippen molar-refractivity contribution in [1.82, 2.24) is 10.3 Å². The van der Waals surface area contributed by atoms with Crippen molar-refractivity contribution in [1.29, 1.82) is 0 Å². The summed E-state index contributed by atoms with van der Waals surface area (Å²) < 4.78 is 25.1. The van der Waals surface area contributed by atoms with E-state index in [9.17, 15) is 13.2 Å². The molecule has 1 atom stereocenters. The molecule has 2 aromatic rings. The van der Waals surface area contributed by atoms with E-state index in [1.807, 2.05) is 32.9 Å². The zero-order chi connectivity index (χ0) is 19.3. The number of nitrogens with zero attached hydrogens (tertiary/aromatic N) is 1. The average molecular weight is 376 g/mol. The molecule has 1 aromatic heterocycles. The van der Waals surface area contributed by atoms with Crippen LogP contribution in [0.5, 0.6) is 0 Å². The molecule has 140 valence electrons. The van der Waals surface area contributed by atoms with Gasteiger partial charge in [0.2, 0.25) is 10.0 Å². The number of rotatable bonds is 6. The van der Waals surface area contributed by atoms with Crippen LogP contribution in [0.2, 0.25) is 0 Å². The Morgan fingerprint density at radius 3 is 2.58 bits per heavy atom. The Kier molecular flexibility index (Phi) is 6.20. The first-order valence-electron chi connectivity index (χ1n) is 8.20. The number of aromatic nitrogens is 1. The number of carbonyl (C=O) groups excluding carboxylic acids is 1. The monoisotopic (exact) mass is 376 g/mol. The van der Waals surface area contributed by atoms with Crippen LogP contribution >= 0.6 is 0 Å². The molecule has 0 saturated heterocycles. The van der Waals surface area contributed by atoms with Crippen molar-refractivity contribution in [3.8, 4) is 0 Å². The van der Waals surface area contributed by atoms with E-state index < -0.39 is 10.0 Å². The Hall–Kier alpha value is -2.61. The van der Waals surface area contributed by atoms with Gasteiger partial charge in [-0.25, -0.2) is 13.2 Å². The lowest BCUT2D eigenvalue weighted by Gasteiger charge is -2.16. The molecule has 8 heteroatoms. The molecular formula is C18H24N4O3S. The van der Waals surface area contributed by atoms with E-state index in [0.717, 1.165) is 23.1 Å². The maximum atomic E-state index is 12.3. The first-order chi connectivity index (χ1) is 12.1. The maximum Gasteiger partial charge on any atom is 0.319 e. The number of amides is 2. The Morgan fingerprint density at radius 1 is 1.19 bits per heavy atom. The number of aryl methyl sites for hydroxylation is 2. The molecule has 1 aromatic carbocycles. The molecule has 0 aliphatic rings. The van der Waals surface area contributed by atoms with Gasteiger partial charge in [-0.05, 0) is 50.1 Å². The van der Waals surface area contributed by atoms with Crippen molar-refractivity contribution >= 4 is 27.4 Å². The molecule has 0 spiro atoms. The number of benzene rings is 1. The number of sulfonamides is 1. The van der Waals surface area contributed by atoms with Crippen LogP contribution in [-0.4, -0.2) is 31.7 Å². The summed E-state index contributed by atoms with van der Waals surface area (Å²) in [7, 11) is -3.38. The van der Waals surface area contributed by atoms with Gasteiger partial charge in [0.05, 0.1) is 11.9 Å². The fourth-order valence-corrected chi connectivity index (χ4v) is 3.04. The Labute approximate surface area is 154 Å². The number of urea groups is 1. The zero-order valence-corrected chi connectivity index (χ0v) is 16.1. The minimum Gasteiger partial charge on any atom is -0.335 e. The summed E-state index contributed by atoms with van der Waals surface area (Å²) in [5.74, 6) is 0. The van der Waals surface area contributed by atoms with E-state index in [1.54, 1.807) is 24.4 Å². The van der Waals surface area contributed by atoms with Gasteiger partial charge in [0, 0.05) is 30.0 Å². The van der Waals surface area contributed by atoms with Gasteiger partial charge in [-0.2, -0.15) is 0 Å². The number of anilines is 2. The summed E-state index contributed by atoms with van der Waals surface area (Å²) in [6.45, 7) is 5.72. The number of hydrogen-bond acceptors (Lipinski definition) is 4. The van der Waals surface area contributed by atoms with Gasteiger partial charge >= 0.3 is 6.03 Å². The Bertz CT molecular complexity index is 897. The molecule has 0 radical (unpaired) electrons. The first-order valence-corrected chi connectivity index (χ1v) is 10.1. The minimum atomic E-state index is -3.38. The molecule has 2 amide bonds. The molecule has 26 heavy (non-hydrogen) atoms. The van der Waals surface area contributed by atoms with Crippen LogP contribution in [0.1, 0.15) is 23.7 Å². The van der Waals surface area contributed by atoms with Gasteiger partial charge < -0.3 is 10.6 Å². The van der Waals surface area contributed by atoms with Gasteiger partial charge in [-0.1, -0.05) is 12.1 Å². The number of carbonyl (C=O) groups is 1. The van der Waals surface area contributed by atoms with E-state index in [2.05, 4.69) is 20.3 Å². The summed E-state index contributed by atoms with van der Waals surface area (Å²) in [6, 6.07) is 8.37. The van der Waals surface area contributed by atoms with E-state index >= 15 is 0 Å². The molecule has 0 aliphatic carbocycles. The highest BCUT2D eigenvalue weighted by molar-refractivity contribution is 7.92. The van der Waals surface area contributed by atoms with Crippen molar-refractivity contribution < 1.29 is 13.2 Å². The lowest BCUT2D eigenvalue weighted by molar-refractivity contribution is 0.249. The van der Waals surface area contributed by atoms with Gasteiger partial charge in [0.1, 0.15) is 0 Å². The molecule has 2 rings (SSSR count).